The number of carbonyl (C=O) groups excluding carboxylic acids is 2. The molecule has 5 nitrogen and oxygen atoms in total. The first-order chi connectivity index (χ1) is 11.8. The Balaban J connectivity index is 2.07. The van der Waals surface area contributed by atoms with Crippen LogP contribution in [-0.4, -0.2) is 17.5 Å². The van der Waals surface area contributed by atoms with E-state index in [4.69, 9.17) is 6.57 Å². The number of nitrogens with zero attached hydrogens (tertiary/aromatic N) is 3. The Morgan fingerprint density at radius 1 is 0.960 bits per heavy atom. The van der Waals surface area contributed by atoms with E-state index in [9.17, 15) is 9.59 Å². The van der Waals surface area contributed by atoms with Gasteiger partial charge in [0.25, 0.3) is 5.91 Å². The number of anilines is 2. The summed E-state index contributed by atoms with van der Waals surface area (Å²) in [6.45, 7) is 14.4. The largest absolute Gasteiger partial charge is 0.336 e. The van der Waals surface area contributed by atoms with Gasteiger partial charge in [-0.05, 0) is 57.5 Å². The number of imide groups is 1. The van der Waals surface area contributed by atoms with E-state index in [1.54, 1.807) is 39.0 Å². The quantitative estimate of drug-likeness (QED) is 0.595. The van der Waals surface area contributed by atoms with Crippen LogP contribution in [0.1, 0.15) is 25.0 Å². The topological polar surface area (TPSA) is 45.0 Å². The predicted molar refractivity (Wildman–Crippen MR) is 98.1 cm³/mol. The molecule has 1 heterocycles. The minimum atomic E-state index is -0.987. The third kappa shape index (κ3) is 2.56. The van der Waals surface area contributed by atoms with E-state index in [0.29, 0.717) is 17.1 Å². The molecule has 0 saturated carbocycles. The molecule has 5 heteroatoms. The summed E-state index contributed by atoms with van der Waals surface area (Å²) in [6.07, 6.45) is 0. The van der Waals surface area contributed by atoms with Crippen molar-refractivity contribution in [1.29, 1.82) is 0 Å². The molecule has 0 N–H and O–H groups in total. The van der Waals surface area contributed by atoms with Crippen molar-refractivity contribution >= 4 is 29.0 Å². The second-order valence-electron chi connectivity index (χ2n) is 6.74. The molecule has 126 valence electrons. The van der Waals surface area contributed by atoms with Crippen LogP contribution in [0.2, 0.25) is 0 Å². The molecule has 0 unspecified atom stereocenters. The van der Waals surface area contributed by atoms with Crippen molar-refractivity contribution in [1.82, 2.24) is 0 Å². The van der Waals surface area contributed by atoms with Gasteiger partial charge in [-0.15, -0.1) is 0 Å². The SMILES string of the molecule is [C-]#[N+]c1ccc(N2C(=O)N(c3ccc(C)cc3)C(C)(C)C2=O)cc1C. The third-order valence-corrected chi connectivity index (χ3v) is 4.52. The molecule has 0 bridgehead atoms. The van der Waals surface area contributed by atoms with Crippen molar-refractivity contribution in [3.63, 3.8) is 0 Å². The van der Waals surface area contributed by atoms with Gasteiger partial charge in [-0.2, -0.15) is 0 Å². The van der Waals surface area contributed by atoms with Gasteiger partial charge in [0.2, 0.25) is 0 Å². The number of aryl methyl sites for hydroxylation is 2. The average molecular weight is 333 g/mol. The highest BCUT2D eigenvalue weighted by Crippen LogP contribution is 2.37. The van der Waals surface area contributed by atoms with Crippen LogP contribution in [0.4, 0.5) is 21.9 Å². The molecule has 1 saturated heterocycles. The molecule has 25 heavy (non-hydrogen) atoms. The van der Waals surface area contributed by atoms with E-state index in [1.165, 1.54) is 9.80 Å². The third-order valence-electron chi connectivity index (χ3n) is 4.52. The van der Waals surface area contributed by atoms with Gasteiger partial charge in [0.15, 0.2) is 5.69 Å². The normalized spacial score (nSPS) is 16.3. The Labute approximate surface area is 147 Å². The van der Waals surface area contributed by atoms with Crippen molar-refractivity contribution in [2.75, 3.05) is 9.80 Å². The van der Waals surface area contributed by atoms with Crippen molar-refractivity contribution in [2.45, 2.75) is 33.2 Å². The van der Waals surface area contributed by atoms with Crippen molar-refractivity contribution < 1.29 is 9.59 Å². The molecule has 2 aromatic rings. The standard InChI is InChI=1S/C20H19N3O2/c1-13-6-8-15(9-7-13)23-19(25)22(18(24)20(23,3)4)16-10-11-17(21-5)14(2)12-16/h6-12H,1-4H3. The predicted octanol–water partition coefficient (Wildman–Crippen LogP) is 4.61. The highest BCUT2D eigenvalue weighted by Gasteiger charge is 2.52. The summed E-state index contributed by atoms with van der Waals surface area (Å²) in [7, 11) is 0. The van der Waals surface area contributed by atoms with Crippen LogP contribution in [0, 0.1) is 20.4 Å². The Kier molecular flexibility index (Phi) is 3.84. The van der Waals surface area contributed by atoms with Crippen LogP contribution in [-0.2, 0) is 4.79 Å². The van der Waals surface area contributed by atoms with Gasteiger partial charge in [-0.3, -0.25) is 9.69 Å². The van der Waals surface area contributed by atoms with E-state index in [2.05, 4.69) is 4.85 Å². The summed E-state index contributed by atoms with van der Waals surface area (Å²) in [5.41, 5.74) is 2.52. The van der Waals surface area contributed by atoms with Crippen LogP contribution in [0.15, 0.2) is 42.5 Å². The molecular weight excluding hydrogens is 314 g/mol. The minimum absolute atomic E-state index is 0.284. The molecule has 0 radical (unpaired) electrons. The molecule has 2 aromatic carbocycles. The first-order valence-corrected chi connectivity index (χ1v) is 8.01. The molecule has 3 rings (SSSR count). The number of urea groups is 1. The zero-order chi connectivity index (χ0) is 18.4. The van der Waals surface area contributed by atoms with Gasteiger partial charge in [-0.1, -0.05) is 23.8 Å². The van der Waals surface area contributed by atoms with Gasteiger partial charge in [-0.25, -0.2) is 14.5 Å². The summed E-state index contributed by atoms with van der Waals surface area (Å²) in [5.74, 6) is -0.284. The number of hydrogen-bond donors (Lipinski definition) is 0. The molecule has 1 aliphatic rings. The van der Waals surface area contributed by atoms with Crippen molar-refractivity contribution in [2.24, 2.45) is 0 Å². The summed E-state index contributed by atoms with van der Waals surface area (Å²) >= 11 is 0. The highest BCUT2D eigenvalue weighted by molar-refractivity contribution is 6.30. The lowest BCUT2D eigenvalue weighted by Gasteiger charge is -2.27. The minimum Gasteiger partial charge on any atom is -0.279 e. The summed E-state index contributed by atoms with van der Waals surface area (Å²) in [4.78, 5) is 32.2. The van der Waals surface area contributed by atoms with Crippen LogP contribution >= 0.6 is 0 Å². The average Bonchev–Trinajstić information content (AvgIpc) is 2.74. The molecule has 0 aromatic heterocycles. The van der Waals surface area contributed by atoms with Gasteiger partial charge in [0, 0.05) is 5.69 Å². The lowest BCUT2D eigenvalue weighted by Crippen LogP contribution is -2.44. The van der Waals surface area contributed by atoms with Crippen LogP contribution in [0.25, 0.3) is 4.85 Å². The van der Waals surface area contributed by atoms with Crippen molar-refractivity contribution in [3.8, 4) is 0 Å². The Bertz CT molecular complexity index is 908. The fraction of sp³-hybridized carbons (Fsp3) is 0.250. The molecule has 1 aliphatic heterocycles. The fourth-order valence-electron chi connectivity index (χ4n) is 3.05. The van der Waals surface area contributed by atoms with Gasteiger partial charge in [0.1, 0.15) is 5.54 Å². The molecule has 0 atom stereocenters. The zero-order valence-electron chi connectivity index (χ0n) is 14.7. The molecule has 0 spiro atoms. The zero-order valence-corrected chi connectivity index (χ0v) is 14.7. The maximum absolute atomic E-state index is 13.1. The van der Waals surface area contributed by atoms with E-state index in [0.717, 1.165) is 11.1 Å². The Hall–Kier alpha value is -3.13. The van der Waals surface area contributed by atoms with Crippen LogP contribution in [0.3, 0.4) is 0 Å². The van der Waals surface area contributed by atoms with Crippen LogP contribution < -0.4 is 9.80 Å². The summed E-state index contributed by atoms with van der Waals surface area (Å²) in [5, 5.41) is 0. The van der Waals surface area contributed by atoms with E-state index < -0.39 is 5.54 Å². The van der Waals surface area contributed by atoms with Crippen molar-refractivity contribution in [3.05, 3.63) is 65.0 Å². The van der Waals surface area contributed by atoms with Gasteiger partial charge < -0.3 is 0 Å². The number of hydrogen-bond acceptors (Lipinski definition) is 2. The molecular formula is C20H19N3O2. The number of carbonyl (C=O) groups is 2. The lowest BCUT2D eigenvalue weighted by molar-refractivity contribution is -0.120. The maximum Gasteiger partial charge on any atom is 0.336 e. The van der Waals surface area contributed by atoms with E-state index >= 15 is 0 Å². The molecule has 0 aliphatic carbocycles. The number of rotatable bonds is 2. The second-order valence-corrected chi connectivity index (χ2v) is 6.74. The smallest absolute Gasteiger partial charge is 0.279 e. The van der Waals surface area contributed by atoms with Gasteiger partial charge >= 0.3 is 6.03 Å². The first-order valence-electron chi connectivity index (χ1n) is 8.01. The summed E-state index contributed by atoms with van der Waals surface area (Å²) in [6, 6.07) is 12.1. The Morgan fingerprint density at radius 2 is 1.56 bits per heavy atom. The molecule has 3 amide bonds. The van der Waals surface area contributed by atoms with E-state index in [1.807, 2.05) is 31.2 Å². The first kappa shape index (κ1) is 16.7. The maximum atomic E-state index is 13.1. The monoisotopic (exact) mass is 333 g/mol. The van der Waals surface area contributed by atoms with E-state index in [-0.39, 0.29) is 11.9 Å². The summed E-state index contributed by atoms with van der Waals surface area (Å²) < 4.78 is 0. The number of amides is 3. The highest BCUT2D eigenvalue weighted by atomic mass is 16.2. The Morgan fingerprint density at radius 3 is 2.12 bits per heavy atom. The lowest BCUT2D eigenvalue weighted by atomic mass is 10.0. The number of benzene rings is 2. The second kappa shape index (κ2) is 5.75. The van der Waals surface area contributed by atoms with Crippen LogP contribution in [0.5, 0.6) is 0 Å². The van der Waals surface area contributed by atoms with Gasteiger partial charge in [0.05, 0.1) is 12.3 Å². The fourth-order valence-corrected chi connectivity index (χ4v) is 3.05. The molecule has 1 fully saturated rings.